The number of aliphatic hydroxyl groups is 1. The molecule has 1 aliphatic rings. The van der Waals surface area contributed by atoms with Crippen molar-refractivity contribution in [3.63, 3.8) is 0 Å². The number of piperidine rings is 1. The van der Waals surface area contributed by atoms with Crippen molar-refractivity contribution in [3.05, 3.63) is 69.7 Å². The second kappa shape index (κ2) is 10.9. The summed E-state index contributed by atoms with van der Waals surface area (Å²) < 4.78 is 33.7. The van der Waals surface area contributed by atoms with Crippen LogP contribution in [0, 0.1) is 6.92 Å². The highest BCUT2D eigenvalue weighted by Crippen LogP contribution is 2.27. The summed E-state index contributed by atoms with van der Waals surface area (Å²) in [6.45, 7) is 5.37. The number of halogens is 3. The number of hydrogen-bond donors (Lipinski definition) is 2. The molecular formula is C22H25F3N4O3S. The van der Waals surface area contributed by atoms with E-state index in [9.17, 15) is 18.3 Å². The highest BCUT2D eigenvalue weighted by Gasteiger charge is 2.38. The Hall–Kier alpha value is -2.76. The van der Waals surface area contributed by atoms with Crippen LogP contribution in [0.25, 0.3) is 0 Å². The minimum atomic E-state index is -5.08. The van der Waals surface area contributed by atoms with E-state index in [1.807, 2.05) is 52.5 Å². The van der Waals surface area contributed by atoms with Crippen molar-refractivity contribution in [3.8, 4) is 0 Å². The number of carboxylic acids is 1. The van der Waals surface area contributed by atoms with Gasteiger partial charge in [-0.1, -0.05) is 35.5 Å². The standard InChI is InChI=1S/C20H24N4OS.C2HF3O2/c1-15-9-12-26-19(15)14-23-10-7-17(8-11-23)24-13-18(21-22-24)20(25)16-5-3-2-4-6-16;3-2(4,5)1(6)7/h2-6,9,12-13,17,20,25H,7-8,10-11,14H2,1H3;(H,6,7). The van der Waals surface area contributed by atoms with Gasteiger partial charge in [0, 0.05) is 24.5 Å². The molecule has 11 heteroatoms. The molecule has 1 fully saturated rings. The Balaban J connectivity index is 0.000000383. The van der Waals surface area contributed by atoms with Gasteiger partial charge in [0.2, 0.25) is 0 Å². The molecule has 3 heterocycles. The number of carboxylic acid groups (broad SMARTS) is 1. The van der Waals surface area contributed by atoms with Gasteiger partial charge in [0.15, 0.2) is 0 Å². The topological polar surface area (TPSA) is 91.5 Å². The number of thiophene rings is 1. The lowest BCUT2D eigenvalue weighted by Gasteiger charge is -2.31. The largest absolute Gasteiger partial charge is 0.490 e. The normalized spacial score (nSPS) is 16.2. The van der Waals surface area contributed by atoms with E-state index in [1.54, 1.807) is 0 Å². The molecule has 0 bridgehead atoms. The first-order valence-electron chi connectivity index (χ1n) is 10.4. The van der Waals surface area contributed by atoms with Crippen molar-refractivity contribution in [2.24, 2.45) is 0 Å². The summed E-state index contributed by atoms with van der Waals surface area (Å²) in [4.78, 5) is 12.9. The fraction of sp³-hybridized carbons (Fsp3) is 0.409. The van der Waals surface area contributed by atoms with E-state index in [4.69, 9.17) is 9.90 Å². The number of aliphatic carboxylic acids is 1. The summed E-state index contributed by atoms with van der Waals surface area (Å²) in [5.74, 6) is -2.76. The number of aromatic nitrogens is 3. The van der Waals surface area contributed by atoms with E-state index in [-0.39, 0.29) is 0 Å². The zero-order valence-corrected chi connectivity index (χ0v) is 18.8. The van der Waals surface area contributed by atoms with Crippen LogP contribution in [-0.2, 0) is 11.3 Å². The number of hydrogen-bond acceptors (Lipinski definition) is 6. The first-order valence-corrected chi connectivity index (χ1v) is 11.2. The number of aliphatic hydroxyl groups excluding tert-OH is 1. The fourth-order valence-corrected chi connectivity index (χ4v) is 4.46. The predicted molar refractivity (Wildman–Crippen MR) is 117 cm³/mol. The molecule has 2 aromatic heterocycles. The number of aryl methyl sites for hydroxylation is 1. The Morgan fingerprint density at radius 2 is 1.85 bits per heavy atom. The monoisotopic (exact) mass is 482 g/mol. The van der Waals surface area contributed by atoms with Gasteiger partial charge in [-0.05, 0) is 42.3 Å². The molecule has 0 amide bonds. The van der Waals surface area contributed by atoms with Crippen LogP contribution in [0.15, 0.2) is 48.0 Å². The Morgan fingerprint density at radius 1 is 1.21 bits per heavy atom. The molecule has 4 rings (SSSR count). The molecule has 178 valence electrons. The van der Waals surface area contributed by atoms with Crippen LogP contribution in [0.3, 0.4) is 0 Å². The van der Waals surface area contributed by atoms with Crippen molar-refractivity contribution in [2.45, 2.75) is 44.6 Å². The number of likely N-dealkylation sites (tertiary alicyclic amines) is 1. The minimum Gasteiger partial charge on any atom is -0.475 e. The average Bonchev–Trinajstić information content (AvgIpc) is 3.44. The van der Waals surface area contributed by atoms with Crippen molar-refractivity contribution >= 4 is 17.3 Å². The third-order valence-electron chi connectivity index (χ3n) is 5.43. The molecule has 1 aliphatic heterocycles. The van der Waals surface area contributed by atoms with Crippen molar-refractivity contribution in [1.82, 2.24) is 19.9 Å². The van der Waals surface area contributed by atoms with E-state index < -0.39 is 18.2 Å². The van der Waals surface area contributed by atoms with E-state index in [1.165, 1.54) is 10.4 Å². The van der Waals surface area contributed by atoms with Gasteiger partial charge < -0.3 is 10.2 Å². The van der Waals surface area contributed by atoms with Crippen LogP contribution >= 0.6 is 11.3 Å². The molecule has 0 spiro atoms. The predicted octanol–water partition coefficient (Wildman–Crippen LogP) is 4.20. The van der Waals surface area contributed by atoms with Gasteiger partial charge in [-0.15, -0.1) is 16.4 Å². The Morgan fingerprint density at radius 3 is 2.39 bits per heavy atom. The van der Waals surface area contributed by atoms with Gasteiger partial charge >= 0.3 is 12.1 Å². The SMILES string of the molecule is Cc1ccsc1CN1CCC(n2cc(C(O)c3ccccc3)nn2)CC1.O=C(O)C(F)(F)F. The summed E-state index contributed by atoms with van der Waals surface area (Å²) in [6, 6.07) is 12.2. The quantitative estimate of drug-likeness (QED) is 0.567. The molecule has 33 heavy (non-hydrogen) atoms. The Bertz CT molecular complexity index is 1030. The third-order valence-corrected chi connectivity index (χ3v) is 6.44. The van der Waals surface area contributed by atoms with Crippen molar-refractivity contribution in [1.29, 1.82) is 0 Å². The van der Waals surface area contributed by atoms with Crippen LogP contribution in [-0.4, -0.2) is 55.3 Å². The number of rotatable bonds is 5. The zero-order valence-electron chi connectivity index (χ0n) is 17.9. The smallest absolute Gasteiger partial charge is 0.475 e. The van der Waals surface area contributed by atoms with E-state index >= 15 is 0 Å². The maximum absolute atomic E-state index is 10.6. The van der Waals surface area contributed by atoms with Crippen molar-refractivity contribution in [2.75, 3.05) is 13.1 Å². The summed E-state index contributed by atoms with van der Waals surface area (Å²) >= 11 is 1.85. The first-order chi connectivity index (χ1) is 15.6. The average molecular weight is 483 g/mol. The molecule has 1 saturated heterocycles. The third kappa shape index (κ3) is 6.86. The Labute approximate surface area is 193 Å². The summed E-state index contributed by atoms with van der Waals surface area (Å²) in [5.41, 5.74) is 2.86. The summed E-state index contributed by atoms with van der Waals surface area (Å²) in [6.07, 6.45) is -1.77. The number of alkyl halides is 3. The molecule has 0 saturated carbocycles. The fourth-order valence-electron chi connectivity index (χ4n) is 3.51. The first kappa shape index (κ1) is 24.9. The van der Waals surface area contributed by atoms with Crippen LogP contribution in [0.1, 0.15) is 46.7 Å². The highest BCUT2D eigenvalue weighted by molar-refractivity contribution is 7.10. The number of nitrogens with zero attached hydrogens (tertiary/aromatic N) is 4. The number of benzene rings is 1. The van der Waals surface area contributed by atoms with Gasteiger partial charge in [-0.3, -0.25) is 4.90 Å². The lowest BCUT2D eigenvalue weighted by molar-refractivity contribution is -0.192. The summed E-state index contributed by atoms with van der Waals surface area (Å²) in [5, 5.41) is 28.3. The number of carbonyl (C=O) groups is 1. The van der Waals surface area contributed by atoms with Gasteiger partial charge in [-0.2, -0.15) is 13.2 Å². The van der Waals surface area contributed by atoms with Crippen molar-refractivity contribution < 1.29 is 28.2 Å². The van der Waals surface area contributed by atoms with E-state index in [0.29, 0.717) is 11.7 Å². The molecule has 7 nitrogen and oxygen atoms in total. The van der Waals surface area contributed by atoms with Crippen LogP contribution in [0.5, 0.6) is 0 Å². The Kier molecular flexibility index (Phi) is 8.22. The molecule has 0 radical (unpaired) electrons. The van der Waals surface area contributed by atoms with Gasteiger partial charge in [0.25, 0.3) is 0 Å². The lowest BCUT2D eigenvalue weighted by Crippen LogP contribution is -2.34. The van der Waals surface area contributed by atoms with Crippen LogP contribution in [0.4, 0.5) is 13.2 Å². The molecule has 3 aromatic rings. The molecule has 1 aromatic carbocycles. The summed E-state index contributed by atoms with van der Waals surface area (Å²) in [7, 11) is 0. The van der Waals surface area contributed by atoms with Gasteiger partial charge in [0.05, 0.1) is 12.2 Å². The molecule has 1 unspecified atom stereocenters. The maximum atomic E-state index is 10.6. The van der Waals surface area contributed by atoms with Crippen LogP contribution < -0.4 is 0 Å². The highest BCUT2D eigenvalue weighted by atomic mass is 32.1. The van der Waals surface area contributed by atoms with E-state index in [0.717, 1.165) is 38.0 Å². The molecule has 1 atom stereocenters. The molecule has 0 aliphatic carbocycles. The van der Waals surface area contributed by atoms with Crippen LogP contribution in [0.2, 0.25) is 0 Å². The van der Waals surface area contributed by atoms with Gasteiger partial charge in [-0.25, -0.2) is 9.48 Å². The molecule has 2 N–H and O–H groups in total. The van der Waals surface area contributed by atoms with E-state index in [2.05, 4.69) is 33.6 Å². The minimum absolute atomic E-state index is 0.361. The second-order valence-electron chi connectivity index (χ2n) is 7.77. The maximum Gasteiger partial charge on any atom is 0.490 e. The molecular weight excluding hydrogens is 457 g/mol. The second-order valence-corrected chi connectivity index (χ2v) is 8.77. The van der Waals surface area contributed by atoms with Gasteiger partial charge in [0.1, 0.15) is 11.8 Å². The zero-order chi connectivity index (χ0) is 24.0. The lowest BCUT2D eigenvalue weighted by atomic mass is 10.0.